The molecule has 31 heavy (non-hydrogen) atoms. The molecule has 6 heteroatoms. The van der Waals surface area contributed by atoms with Crippen LogP contribution in [0.2, 0.25) is 0 Å². The van der Waals surface area contributed by atoms with Gasteiger partial charge in [-0.3, -0.25) is 4.79 Å². The Morgan fingerprint density at radius 1 is 0.871 bits per heavy atom. The van der Waals surface area contributed by atoms with E-state index in [1.54, 1.807) is 55.6 Å². The summed E-state index contributed by atoms with van der Waals surface area (Å²) in [6, 6.07) is 21.5. The average molecular weight is 419 g/mol. The van der Waals surface area contributed by atoms with Crippen molar-refractivity contribution in [3.8, 4) is 11.5 Å². The van der Waals surface area contributed by atoms with Crippen molar-refractivity contribution in [2.24, 2.45) is 0 Å². The summed E-state index contributed by atoms with van der Waals surface area (Å²) in [5, 5.41) is 2.77. The zero-order valence-electron chi connectivity index (χ0n) is 17.8. The number of carbonyl (C=O) groups is 2. The summed E-state index contributed by atoms with van der Waals surface area (Å²) in [5.74, 6) is 0.0625. The smallest absolute Gasteiger partial charge is 0.345 e. The second-order valence-corrected chi connectivity index (χ2v) is 7.11. The Balaban J connectivity index is 1.71. The third kappa shape index (κ3) is 6.34. The predicted octanol–water partition coefficient (Wildman–Crippen LogP) is 4.61. The lowest BCUT2D eigenvalue weighted by molar-refractivity contribution is -0.156. The van der Waals surface area contributed by atoms with E-state index in [2.05, 4.69) is 5.32 Å². The van der Waals surface area contributed by atoms with Gasteiger partial charge in [0, 0.05) is 17.3 Å². The van der Waals surface area contributed by atoms with Crippen molar-refractivity contribution in [2.75, 3.05) is 19.0 Å². The maximum atomic E-state index is 12.9. The van der Waals surface area contributed by atoms with E-state index < -0.39 is 18.0 Å². The van der Waals surface area contributed by atoms with Crippen molar-refractivity contribution < 1.29 is 23.8 Å². The van der Waals surface area contributed by atoms with Crippen LogP contribution in [0.1, 0.15) is 22.8 Å². The van der Waals surface area contributed by atoms with E-state index in [4.69, 9.17) is 14.2 Å². The van der Waals surface area contributed by atoms with Crippen LogP contribution in [-0.4, -0.2) is 25.6 Å². The second-order valence-electron chi connectivity index (χ2n) is 7.11. The van der Waals surface area contributed by atoms with Gasteiger partial charge in [-0.15, -0.1) is 0 Å². The third-order valence-electron chi connectivity index (χ3n) is 4.48. The van der Waals surface area contributed by atoms with E-state index in [1.807, 2.05) is 38.1 Å². The van der Waals surface area contributed by atoms with E-state index in [0.717, 1.165) is 11.1 Å². The van der Waals surface area contributed by atoms with Gasteiger partial charge in [0.1, 0.15) is 11.5 Å². The number of amides is 1. The topological polar surface area (TPSA) is 73.9 Å². The number of hydrogen-bond donors (Lipinski definition) is 1. The number of methoxy groups -OCH3 is 1. The molecule has 0 saturated heterocycles. The Hall–Kier alpha value is -3.80. The largest absolute Gasteiger partial charge is 0.497 e. The van der Waals surface area contributed by atoms with Crippen LogP contribution in [0, 0.1) is 13.8 Å². The van der Waals surface area contributed by atoms with Crippen LogP contribution in [0.5, 0.6) is 11.5 Å². The molecule has 0 saturated carbocycles. The highest BCUT2D eigenvalue weighted by Gasteiger charge is 2.25. The number of aryl methyl sites for hydroxylation is 2. The molecule has 0 bridgehead atoms. The van der Waals surface area contributed by atoms with Gasteiger partial charge in [-0.2, -0.15) is 0 Å². The molecular weight excluding hydrogens is 394 g/mol. The van der Waals surface area contributed by atoms with E-state index in [1.165, 1.54) is 0 Å². The molecule has 0 heterocycles. The lowest BCUT2D eigenvalue weighted by Crippen LogP contribution is -2.28. The van der Waals surface area contributed by atoms with Gasteiger partial charge in [0.25, 0.3) is 5.91 Å². The lowest BCUT2D eigenvalue weighted by atomic mass is 10.1. The minimum atomic E-state index is -1.12. The van der Waals surface area contributed by atoms with Gasteiger partial charge in [-0.1, -0.05) is 42.5 Å². The fraction of sp³-hybridized carbons (Fsp3) is 0.200. The Morgan fingerprint density at radius 3 is 2.26 bits per heavy atom. The normalized spacial score (nSPS) is 11.3. The second kappa shape index (κ2) is 10.3. The number of anilines is 1. The maximum absolute atomic E-state index is 12.9. The first-order valence-electron chi connectivity index (χ1n) is 9.85. The van der Waals surface area contributed by atoms with Gasteiger partial charge >= 0.3 is 5.97 Å². The Labute approximate surface area is 181 Å². The number of benzene rings is 3. The molecule has 0 spiro atoms. The number of rotatable bonds is 8. The molecular formula is C25H25NO5. The van der Waals surface area contributed by atoms with Gasteiger partial charge < -0.3 is 19.5 Å². The van der Waals surface area contributed by atoms with Crippen LogP contribution in [0.4, 0.5) is 5.69 Å². The van der Waals surface area contributed by atoms with E-state index in [0.29, 0.717) is 22.7 Å². The van der Waals surface area contributed by atoms with E-state index >= 15 is 0 Å². The van der Waals surface area contributed by atoms with Gasteiger partial charge in [0.15, 0.2) is 6.61 Å². The minimum absolute atomic E-state index is 0.307. The van der Waals surface area contributed by atoms with Gasteiger partial charge in [-0.05, 0) is 49.2 Å². The number of ether oxygens (including phenoxy) is 3. The number of hydrogen-bond acceptors (Lipinski definition) is 5. The molecule has 0 radical (unpaired) electrons. The van der Waals surface area contributed by atoms with Crippen molar-refractivity contribution in [1.29, 1.82) is 0 Å². The summed E-state index contributed by atoms with van der Waals surface area (Å²) in [6.07, 6.45) is -1.12. The molecule has 0 aliphatic carbocycles. The predicted molar refractivity (Wildman–Crippen MR) is 118 cm³/mol. The summed E-state index contributed by atoms with van der Waals surface area (Å²) >= 11 is 0. The van der Waals surface area contributed by atoms with Gasteiger partial charge in [0.2, 0.25) is 6.10 Å². The highest BCUT2D eigenvalue weighted by molar-refractivity contribution is 5.96. The van der Waals surface area contributed by atoms with Crippen LogP contribution in [-0.2, 0) is 14.3 Å². The minimum Gasteiger partial charge on any atom is -0.497 e. The molecule has 0 aliphatic heterocycles. The number of esters is 1. The molecule has 3 aromatic carbocycles. The summed E-state index contributed by atoms with van der Waals surface area (Å²) in [4.78, 5) is 25.4. The van der Waals surface area contributed by atoms with Gasteiger partial charge in [-0.25, -0.2) is 4.79 Å². The number of nitrogens with one attached hydrogen (secondary N) is 1. The first kappa shape index (κ1) is 21.9. The highest BCUT2D eigenvalue weighted by atomic mass is 16.6. The summed E-state index contributed by atoms with van der Waals surface area (Å²) in [7, 11) is 1.55. The van der Waals surface area contributed by atoms with E-state index in [-0.39, 0.29) is 6.61 Å². The zero-order valence-corrected chi connectivity index (χ0v) is 17.8. The molecule has 0 aromatic heterocycles. The summed E-state index contributed by atoms with van der Waals surface area (Å²) in [6.45, 7) is 3.59. The summed E-state index contributed by atoms with van der Waals surface area (Å²) < 4.78 is 16.3. The fourth-order valence-corrected chi connectivity index (χ4v) is 3.13. The van der Waals surface area contributed by atoms with Crippen molar-refractivity contribution >= 4 is 17.6 Å². The SMILES string of the molecule is COc1cccc(NC(=O)C(OC(=O)COc2cc(C)cc(C)c2)c2ccccc2)c1. The number of carbonyl (C=O) groups excluding carboxylic acids is 2. The van der Waals surface area contributed by atoms with Crippen LogP contribution >= 0.6 is 0 Å². The molecule has 160 valence electrons. The van der Waals surface area contributed by atoms with Crippen LogP contribution in [0.15, 0.2) is 72.8 Å². The Kier molecular flexibility index (Phi) is 7.27. The molecule has 6 nitrogen and oxygen atoms in total. The highest BCUT2D eigenvalue weighted by Crippen LogP contribution is 2.23. The van der Waals surface area contributed by atoms with Crippen LogP contribution in [0.3, 0.4) is 0 Å². The first-order valence-corrected chi connectivity index (χ1v) is 9.85. The fourth-order valence-electron chi connectivity index (χ4n) is 3.13. The van der Waals surface area contributed by atoms with Crippen LogP contribution in [0.25, 0.3) is 0 Å². The molecule has 3 aromatic rings. The third-order valence-corrected chi connectivity index (χ3v) is 4.48. The summed E-state index contributed by atoms with van der Waals surface area (Å²) in [5.41, 5.74) is 3.15. The van der Waals surface area contributed by atoms with Gasteiger partial charge in [0.05, 0.1) is 7.11 Å². The van der Waals surface area contributed by atoms with E-state index in [9.17, 15) is 9.59 Å². The molecule has 0 fully saturated rings. The lowest BCUT2D eigenvalue weighted by Gasteiger charge is -2.18. The molecule has 1 unspecified atom stereocenters. The maximum Gasteiger partial charge on any atom is 0.345 e. The first-order chi connectivity index (χ1) is 14.9. The molecule has 1 amide bonds. The average Bonchev–Trinajstić information content (AvgIpc) is 2.76. The Bertz CT molecular complexity index is 1030. The monoisotopic (exact) mass is 419 g/mol. The molecule has 1 N–H and O–H groups in total. The molecule has 1 atom stereocenters. The molecule has 3 rings (SSSR count). The van der Waals surface area contributed by atoms with Crippen molar-refractivity contribution in [3.05, 3.63) is 89.5 Å². The van der Waals surface area contributed by atoms with Crippen LogP contribution < -0.4 is 14.8 Å². The zero-order chi connectivity index (χ0) is 22.2. The molecule has 0 aliphatic rings. The van der Waals surface area contributed by atoms with Crippen molar-refractivity contribution in [1.82, 2.24) is 0 Å². The van der Waals surface area contributed by atoms with Crippen molar-refractivity contribution in [3.63, 3.8) is 0 Å². The Morgan fingerprint density at radius 2 is 1.58 bits per heavy atom. The standard InChI is InChI=1S/C25H25NO5/c1-17-12-18(2)14-22(13-17)30-16-23(27)31-24(19-8-5-4-6-9-19)25(28)26-20-10-7-11-21(15-20)29-3/h4-15,24H,16H2,1-3H3,(H,26,28). The van der Waals surface area contributed by atoms with Crippen molar-refractivity contribution in [2.45, 2.75) is 20.0 Å². The quantitative estimate of drug-likeness (QED) is 0.540.